The molecule has 4 N–H and O–H groups in total. The van der Waals surface area contributed by atoms with Crippen LogP contribution in [-0.2, 0) is 14.8 Å². The third-order valence-corrected chi connectivity index (χ3v) is 18.9. The predicted molar refractivity (Wildman–Crippen MR) is 271 cm³/mol. The van der Waals surface area contributed by atoms with Crippen LogP contribution in [0.3, 0.4) is 0 Å². The normalized spacial score (nSPS) is 27.2. The van der Waals surface area contributed by atoms with E-state index < -0.39 is 31.4 Å². The first-order valence-electron chi connectivity index (χ1n) is 26.2. The molecule has 1 spiro atoms. The number of nitro groups is 1. The fourth-order valence-corrected chi connectivity index (χ4v) is 14.5. The van der Waals surface area contributed by atoms with Crippen molar-refractivity contribution in [3.05, 3.63) is 99.7 Å². The first-order chi connectivity index (χ1) is 35.0. The Morgan fingerprint density at radius 2 is 1.71 bits per heavy atom. The predicted octanol–water partition coefficient (Wildman–Crippen LogP) is 8.47. The summed E-state index contributed by atoms with van der Waals surface area (Å²) in [4.78, 5) is 41.5. The summed E-state index contributed by atoms with van der Waals surface area (Å²) in [6.45, 7) is 3.81. The van der Waals surface area contributed by atoms with Crippen LogP contribution in [0.2, 0.25) is 0 Å². The molecule has 4 atom stereocenters. The Labute approximate surface area is 418 Å². The molecule has 8 aliphatic rings. The molecule has 0 bridgehead atoms. The zero-order valence-electron chi connectivity index (χ0n) is 40.3. The molecule has 0 radical (unpaired) electrons. The van der Waals surface area contributed by atoms with Crippen molar-refractivity contribution >= 4 is 55.4 Å². The lowest BCUT2D eigenvalue weighted by molar-refractivity contribution is -0.384. The highest BCUT2D eigenvalue weighted by molar-refractivity contribution is 7.90. The Morgan fingerprint density at radius 3 is 2.50 bits per heavy atom. The number of H-pyrrole nitrogens is 1. The third-order valence-electron chi connectivity index (χ3n) is 17.6. The van der Waals surface area contributed by atoms with Crippen LogP contribution in [0.25, 0.3) is 11.0 Å². The Hall–Kier alpha value is -5.95. The first kappa shape index (κ1) is 45.9. The summed E-state index contributed by atoms with van der Waals surface area (Å²) in [5.41, 5.74) is 5.81. The van der Waals surface area contributed by atoms with Crippen molar-refractivity contribution in [1.29, 1.82) is 0 Å². The summed E-state index contributed by atoms with van der Waals surface area (Å²) >= 11 is 0. The van der Waals surface area contributed by atoms with Gasteiger partial charge in [0, 0.05) is 61.0 Å². The van der Waals surface area contributed by atoms with E-state index in [0.717, 1.165) is 68.4 Å². The van der Waals surface area contributed by atoms with Gasteiger partial charge >= 0.3 is 0 Å². The molecule has 18 heteroatoms. The molecule has 7 heterocycles. The zero-order chi connectivity index (χ0) is 48.9. The zero-order valence-corrected chi connectivity index (χ0v) is 41.2. The second kappa shape index (κ2) is 17.9. The number of likely N-dealkylation sites (tertiary alicyclic amines) is 1. The maximum Gasteiger partial charge on any atom is 0.297 e. The number of hydrogen-bond acceptors (Lipinski definition) is 14. The second-order valence-electron chi connectivity index (χ2n) is 21.9. The maximum atomic E-state index is 14.8. The van der Waals surface area contributed by atoms with E-state index in [2.05, 4.69) is 49.1 Å². The number of anilines is 4. The van der Waals surface area contributed by atoms with Crippen molar-refractivity contribution < 1.29 is 37.5 Å². The molecule has 13 rings (SSSR count). The van der Waals surface area contributed by atoms with E-state index >= 15 is 0 Å². The Kier molecular flexibility index (Phi) is 11.4. The maximum absolute atomic E-state index is 14.8. The minimum Gasteiger partial charge on any atom is -0.489 e. The molecule has 2 aromatic heterocycles. The number of nitro benzene ring substituents is 1. The summed E-state index contributed by atoms with van der Waals surface area (Å²) in [5.74, 6) is 0.370. The molecule has 3 aromatic carbocycles. The van der Waals surface area contributed by atoms with E-state index in [1.54, 1.807) is 17.2 Å². The number of aromatic amines is 1. The number of carbonyl (C=O) groups excluding carboxylic acids is 1. The van der Waals surface area contributed by atoms with Gasteiger partial charge in [0.25, 0.3) is 21.6 Å². The van der Waals surface area contributed by atoms with Gasteiger partial charge in [-0.25, -0.2) is 13.1 Å². The van der Waals surface area contributed by atoms with Gasteiger partial charge in [-0.1, -0.05) is 24.3 Å². The summed E-state index contributed by atoms with van der Waals surface area (Å²) in [6.07, 6.45) is 14.1. The first-order valence-corrected chi connectivity index (χ1v) is 27.7. The minimum atomic E-state index is -4.70. The van der Waals surface area contributed by atoms with Gasteiger partial charge in [-0.15, -0.1) is 0 Å². The Bertz CT molecular complexity index is 3050. The summed E-state index contributed by atoms with van der Waals surface area (Å²) in [5, 5.41) is 26.7. The van der Waals surface area contributed by atoms with Gasteiger partial charge in [0.05, 0.1) is 52.5 Å². The number of benzene rings is 3. The van der Waals surface area contributed by atoms with Crippen molar-refractivity contribution in [2.45, 2.75) is 131 Å². The number of fused-ring (bicyclic) bond motifs is 4. The molecule has 5 aliphatic heterocycles. The molecule has 5 aromatic rings. The summed E-state index contributed by atoms with van der Waals surface area (Å²) in [7, 11) is -4.70. The lowest BCUT2D eigenvalue weighted by Crippen LogP contribution is -2.55. The number of aliphatic hydroxyl groups excluding tert-OH is 1. The van der Waals surface area contributed by atoms with Crippen molar-refractivity contribution in [2.75, 3.05) is 54.6 Å². The second-order valence-corrected chi connectivity index (χ2v) is 23.6. The molecular formula is C54H62N8O9S. The van der Waals surface area contributed by atoms with Gasteiger partial charge < -0.3 is 39.4 Å². The number of aliphatic hydroxyl groups is 1. The lowest BCUT2D eigenvalue weighted by atomic mass is 9.59. The minimum absolute atomic E-state index is 0.0154. The van der Waals surface area contributed by atoms with Crippen molar-refractivity contribution in [3.8, 4) is 11.6 Å². The number of amides is 1. The molecule has 72 heavy (non-hydrogen) atoms. The SMILES string of the molecule is O=C(NS(=O)(=O)c1cc2c(c([N+](=O)[O-])c1)N[C@@H](C1CCC(O)CC1)CO2)c1ccc(N2CCC3(CC2)CC(N2CCC[C@H]2c2ccccc2C2CC2)C3)cc1N1c2cc3cc[nH]c3nc2O[C@@H]2CCOC[C@@H]21. The van der Waals surface area contributed by atoms with Crippen LogP contribution >= 0.6 is 0 Å². The molecule has 3 saturated carbocycles. The van der Waals surface area contributed by atoms with Gasteiger partial charge in [0.15, 0.2) is 11.4 Å². The number of carbonyl (C=O) groups is 1. The van der Waals surface area contributed by atoms with Gasteiger partial charge in [0.1, 0.15) is 24.0 Å². The summed E-state index contributed by atoms with van der Waals surface area (Å²) < 4.78 is 49.7. The van der Waals surface area contributed by atoms with E-state index in [1.807, 2.05) is 35.4 Å². The topological polar surface area (TPSA) is 205 Å². The smallest absolute Gasteiger partial charge is 0.297 e. The fourth-order valence-electron chi connectivity index (χ4n) is 13.5. The van der Waals surface area contributed by atoms with Crippen molar-refractivity contribution in [3.63, 3.8) is 0 Å². The number of pyridine rings is 1. The molecule has 378 valence electrons. The number of sulfonamides is 1. The van der Waals surface area contributed by atoms with Gasteiger partial charge in [-0.2, -0.15) is 4.98 Å². The molecule has 6 fully saturated rings. The fraction of sp³-hybridized carbons (Fsp3) is 0.519. The van der Waals surface area contributed by atoms with Crippen LogP contribution in [0.4, 0.5) is 28.4 Å². The van der Waals surface area contributed by atoms with Gasteiger partial charge in [-0.3, -0.25) is 19.8 Å². The molecule has 3 saturated heterocycles. The van der Waals surface area contributed by atoms with Crippen LogP contribution in [0, 0.1) is 21.4 Å². The van der Waals surface area contributed by atoms with E-state index in [4.69, 9.17) is 19.2 Å². The molecular weight excluding hydrogens is 937 g/mol. The number of piperidine rings is 1. The van der Waals surface area contributed by atoms with Crippen LogP contribution in [-0.4, -0.2) is 109 Å². The lowest BCUT2D eigenvalue weighted by Gasteiger charge is -2.56. The highest BCUT2D eigenvalue weighted by Gasteiger charge is 2.51. The number of nitrogens with zero attached hydrogens (tertiary/aromatic N) is 5. The molecule has 17 nitrogen and oxygen atoms in total. The van der Waals surface area contributed by atoms with Crippen LogP contribution in [0.1, 0.15) is 117 Å². The number of hydrogen-bond donors (Lipinski definition) is 4. The Balaban J connectivity index is 0.790. The highest BCUT2D eigenvalue weighted by atomic mass is 32.2. The molecule has 0 unspecified atom stereocenters. The largest absolute Gasteiger partial charge is 0.489 e. The quantitative estimate of drug-likeness (QED) is 0.0766. The standard InChI is InChI=1S/C54H62N8O9S/c63-37-12-9-33(10-13-37)42-30-70-49-27-38(26-45(62(65)66)50(49)56-42)72(67,68)58-52(64)41-14-11-35(25-44(41)61-46-24-34-15-19-55-51(34)57-53(46)71-48-16-23-69-31-47(48)61)59-21-17-54(18-22-59)28-36(29-54)60-20-3-6-43(60)40-5-2-1-4-39(40)32-7-8-32/h1-2,4-5,11,14-15,19,24-27,32-33,36-37,42-43,47-48,56,63H,3,6-10,12-13,16-18,20-23,28-31H2,(H,55,57)(H,58,64)/t33?,37?,42-,43+,47+,48-/m1/s1. The van der Waals surface area contributed by atoms with E-state index in [-0.39, 0.29) is 53.8 Å². The highest BCUT2D eigenvalue weighted by Crippen LogP contribution is 2.56. The number of rotatable bonds is 10. The van der Waals surface area contributed by atoms with Crippen molar-refractivity contribution in [2.24, 2.45) is 11.3 Å². The number of ether oxygens (including phenoxy) is 3. The average molecular weight is 999 g/mol. The molecule has 3 aliphatic carbocycles. The monoisotopic (exact) mass is 998 g/mol. The van der Waals surface area contributed by atoms with E-state index in [9.17, 15) is 28.4 Å². The number of nitrogens with one attached hydrogen (secondary N) is 3. The average Bonchev–Trinajstić information content (AvgIpc) is 3.94. The van der Waals surface area contributed by atoms with Gasteiger partial charge in [-0.05, 0) is 142 Å². The van der Waals surface area contributed by atoms with E-state index in [0.29, 0.717) is 72.9 Å². The third kappa shape index (κ3) is 8.22. The van der Waals surface area contributed by atoms with Crippen LogP contribution in [0.15, 0.2) is 77.8 Å². The van der Waals surface area contributed by atoms with Crippen LogP contribution in [0.5, 0.6) is 11.6 Å². The summed E-state index contributed by atoms with van der Waals surface area (Å²) in [6, 6.07) is 21.3. The molecule has 1 amide bonds. The number of aromatic nitrogens is 2. The van der Waals surface area contributed by atoms with E-state index in [1.165, 1.54) is 44.6 Å². The van der Waals surface area contributed by atoms with Crippen LogP contribution < -0.4 is 29.3 Å². The Morgan fingerprint density at radius 1 is 0.903 bits per heavy atom. The van der Waals surface area contributed by atoms with Crippen molar-refractivity contribution in [1.82, 2.24) is 19.6 Å². The van der Waals surface area contributed by atoms with Gasteiger partial charge in [0.2, 0.25) is 5.88 Å².